The van der Waals surface area contributed by atoms with Crippen molar-refractivity contribution < 1.29 is 27.8 Å². The quantitative estimate of drug-likeness (QED) is 0.166. The number of benzene rings is 2. The van der Waals surface area contributed by atoms with Crippen molar-refractivity contribution in [1.82, 2.24) is 9.97 Å². The first kappa shape index (κ1) is 30.3. The number of fused-ring (bicyclic) bond motifs is 1. The maximum atomic E-state index is 13.0. The maximum absolute atomic E-state index is 13.0. The second-order valence-corrected chi connectivity index (χ2v) is 11.3. The average molecular weight is 594 g/mol. The number of hydrogen-bond acceptors (Lipinski definition) is 8. The molecule has 0 radical (unpaired) electrons. The van der Waals surface area contributed by atoms with Gasteiger partial charge in [0.15, 0.2) is 0 Å². The van der Waals surface area contributed by atoms with Gasteiger partial charge >= 0.3 is 6.36 Å². The zero-order chi connectivity index (χ0) is 30.7. The Balaban J connectivity index is 1.29. The number of nitrogens with zero attached hydrogens (tertiary/aromatic N) is 3. The summed E-state index contributed by atoms with van der Waals surface area (Å²) in [5, 5.41) is 32.6. The van der Waals surface area contributed by atoms with Crippen molar-refractivity contribution in [3.05, 3.63) is 71.1 Å². The minimum atomic E-state index is -4.91. The molecule has 5 rings (SSSR count). The number of nitrogens with one attached hydrogen (secondary N) is 2. The summed E-state index contributed by atoms with van der Waals surface area (Å²) in [5.74, 6) is 0.414. The van der Waals surface area contributed by atoms with Gasteiger partial charge in [0, 0.05) is 23.1 Å². The molecule has 1 heterocycles. The van der Waals surface area contributed by atoms with E-state index in [1.165, 1.54) is 18.2 Å². The lowest BCUT2D eigenvalue weighted by molar-refractivity contribution is -0.274. The third-order valence-corrected chi connectivity index (χ3v) is 8.27. The lowest BCUT2D eigenvalue weighted by Crippen LogP contribution is -2.44. The van der Waals surface area contributed by atoms with E-state index in [9.17, 15) is 23.5 Å². The fourth-order valence-corrected chi connectivity index (χ4v) is 5.92. The molecule has 3 aromatic rings. The first-order valence-corrected chi connectivity index (χ1v) is 14.5. The van der Waals surface area contributed by atoms with Gasteiger partial charge in [-0.15, -0.1) is 13.2 Å². The predicted molar refractivity (Wildman–Crippen MR) is 156 cm³/mol. The molecule has 0 aliphatic heterocycles. The first-order valence-electron chi connectivity index (χ1n) is 14.5. The average Bonchev–Trinajstić information content (AvgIpc) is 3.83. The van der Waals surface area contributed by atoms with Gasteiger partial charge in [0.05, 0.1) is 35.7 Å². The van der Waals surface area contributed by atoms with Gasteiger partial charge in [-0.3, -0.25) is 5.41 Å². The van der Waals surface area contributed by atoms with Crippen molar-refractivity contribution in [3.8, 4) is 11.8 Å². The van der Waals surface area contributed by atoms with E-state index in [4.69, 9.17) is 10.1 Å². The van der Waals surface area contributed by atoms with Crippen molar-refractivity contribution in [2.45, 2.75) is 64.5 Å². The van der Waals surface area contributed by atoms with Crippen LogP contribution in [0.4, 0.5) is 19.0 Å². The third-order valence-electron chi connectivity index (χ3n) is 8.27. The minimum absolute atomic E-state index is 0.00307. The summed E-state index contributed by atoms with van der Waals surface area (Å²) >= 11 is 0. The number of aliphatic hydroxyl groups is 1. The number of rotatable bonds is 10. The molecule has 2 fully saturated rings. The summed E-state index contributed by atoms with van der Waals surface area (Å²) in [7, 11) is 0. The van der Waals surface area contributed by atoms with Gasteiger partial charge in [-0.2, -0.15) is 5.26 Å². The number of allylic oxidation sites excluding steroid dienone is 1. The lowest BCUT2D eigenvalue weighted by atomic mass is 9.75. The molecule has 3 N–H and O–H groups in total. The van der Waals surface area contributed by atoms with Gasteiger partial charge in [0.25, 0.3) is 0 Å². The maximum Gasteiger partial charge on any atom is 0.573 e. The summed E-state index contributed by atoms with van der Waals surface area (Å²) < 4.78 is 49.6. The second kappa shape index (κ2) is 12.6. The third kappa shape index (κ3) is 7.08. The molecule has 11 heteroatoms. The van der Waals surface area contributed by atoms with Gasteiger partial charge in [-0.1, -0.05) is 38.5 Å². The van der Waals surface area contributed by atoms with Crippen LogP contribution < -0.4 is 10.1 Å². The molecule has 226 valence electrons. The van der Waals surface area contributed by atoms with Gasteiger partial charge in [-0.25, -0.2) is 9.97 Å². The molecule has 2 aliphatic rings. The zero-order valence-electron chi connectivity index (χ0n) is 24.0. The lowest BCUT2D eigenvalue weighted by Gasteiger charge is -2.41. The minimum Gasteiger partial charge on any atom is -0.512 e. The molecule has 1 aromatic heterocycles. The second-order valence-electron chi connectivity index (χ2n) is 11.3. The number of nitriles is 1. The predicted octanol–water partition coefficient (Wildman–Crippen LogP) is 7.31. The van der Waals surface area contributed by atoms with Gasteiger partial charge in [0.2, 0.25) is 0 Å². The number of anilines is 1. The summed E-state index contributed by atoms with van der Waals surface area (Å²) in [6.45, 7) is 4.14. The Morgan fingerprint density at radius 2 is 1.93 bits per heavy atom. The molecule has 0 amide bonds. The van der Waals surface area contributed by atoms with Crippen LogP contribution in [0.25, 0.3) is 11.0 Å². The van der Waals surface area contributed by atoms with Gasteiger partial charge < -0.3 is 19.9 Å². The van der Waals surface area contributed by atoms with Crippen LogP contribution >= 0.6 is 0 Å². The normalized spacial score (nSPS) is 22.9. The Hall–Kier alpha value is -4.17. The Bertz CT molecular complexity index is 1560. The van der Waals surface area contributed by atoms with E-state index in [0.717, 1.165) is 31.7 Å². The Morgan fingerprint density at radius 3 is 2.63 bits per heavy atom. The highest BCUT2D eigenvalue weighted by Crippen LogP contribution is 2.39. The summed E-state index contributed by atoms with van der Waals surface area (Å²) in [4.78, 5) is 9.15. The Morgan fingerprint density at radius 1 is 1.16 bits per heavy atom. The molecular weight excluding hydrogens is 559 g/mol. The number of aliphatic hydroxyl groups excluding tert-OH is 1. The van der Waals surface area contributed by atoms with Crippen molar-refractivity contribution in [1.29, 1.82) is 10.7 Å². The van der Waals surface area contributed by atoms with Crippen LogP contribution in [0, 0.1) is 34.5 Å². The van der Waals surface area contributed by atoms with E-state index in [2.05, 4.69) is 39.9 Å². The molecular formula is C32H34F3N5O3. The largest absolute Gasteiger partial charge is 0.573 e. The highest BCUT2D eigenvalue weighted by molar-refractivity contribution is 6.12. The van der Waals surface area contributed by atoms with Crippen LogP contribution in [-0.2, 0) is 4.74 Å². The molecule has 0 spiro atoms. The number of aromatic nitrogens is 2. The van der Waals surface area contributed by atoms with Crippen molar-refractivity contribution in [2.24, 2.45) is 17.8 Å². The molecule has 4 unspecified atom stereocenters. The molecule has 4 atom stereocenters. The van der Waals surface area contributed by atoms with E-state index in [1.54, 1.807) is 18.3 Å². The topological polar surface area (TPSA) is 124 Å². The standard InChI is InChI=1S/C32H34F3N5O3/c1-3-19-14-22(13-18(2)29(19)40-27-16-38-30-21(15-36)7-6-9-25(30)39-27)42-17-24(31(41)20-11-12-20)28(37)23-8-4-5-10-26(23)43-32(33,34)35/h4-10,16,18-20,22,29,37,41H,3,11-14,17H2,1-2H3,(H,39,40)/b31-24-,37-28?. The van der Waals surface area contributed by atoms with E-state index in [1.807, 2.05) is 6.07 Å². The summed E-state index contributed by atoms with van der Waals surface area (Å²) in [5.41, 5.74) is 1.56. The fourth-order valence-electron chi connectivity index (χ4n) is 5.92. The van der Waals surface area contributed by atoms with E-state index in [-0.39, 0.29) is 59.1 Å². The van der Waals surface area contributed by atoms with Crippen molar-refractivity contribution >= 4 is 22.6 Å². The number of alkyl halides is 3. The van der Waals surface area contributed by atoms with Crippen LogP contribution in [0.5, 0.6) is 5.75 Å². The molecule has 0 saturated heterocycles. The fraction of sp³-hybridized carbons (Fsp3) is 0.438. The van der Waals surface area contributed by atoms with E-state index >= 15 is 0 Å². The molecule has 0 bridgehead atoms. The van der Waals surface area contributed by atoms with Gasteiger partial charge in [-0.05, 0) is 61.8 Å². The van der Waals surface area contributed by atoms with Gasteiger partial charge in [0.1, 0.15) is 28.9 Å². The summed E-state index contributed by atoms with van der Waals surface area (Å²) in [6, 6.07) is 13.0. The first-order chi connectivity index (χ1) is 20.6. The SMILES string of the molecule is CCC1CC(OC/C(C(=N)c2ccccc2OC(F)(F)F)=C(/O)C2CC2)CC(C)C1Nc1cnc2c(C#N)cccc2n1. The van der Waals surface area contributed by atoms with Crippen molar-refractivity contribution in [3.63, 3.8) is 0 Å². The number of para-hydroxylation sites is 2. The van der Waals surface area contributed by atoms with Crippen LogP contribution in [0.2, 0.25) is 0 Å². The van der Waals surface area contributed by atoms with Crippen molar-refractivity contribution in [2.75, 3.05) is 11.9 Å². The molecule has 2 aliphatic carbocycles. The summed E-state index contributed by atoms with van der Waals surface area (Å²) in [6.07, 6.45) is 0.364. The molecule has 2 aromatic carbocycles. The van der Waals surface area contributed by atoms with Crippen LogP contribution in [-0.4, -0.2) is 45.9 Å². The molecule has 8 nitrogen and oxygen atoms in total. The van der Waals surface area contributed by atoms with E-state index in [0.29, 0.717) is 28.8 Å². The highest BCUT2D eigenvalue weighted by Gasteiger charge is 2.37. The smallest absolute Gasteiger partial charge is 0.512 e. The zero-order valence-corrected chi connectivity index (χ0v) is 24.0. The Kier molecular flexibility index (Phi) is 8.87. The van der Waals surface area contributed by atoms with Crippen LogP contribution in [0.3, 0.4) is 0 Å². The highest BCUT2D eigenvalue weighted by atomic mass is 19.4. The molecule has 2 saturated carbocycles. The number of ether oxygens (including phenoxy) is 2. The Labute approximate surface area is 248 Å². The number of halogens is 3. The van der Waals surface area contributed by atoms with Crippen LogP contribution in [0.1, 0.15) is 57.1 Å². The monoisotopic (exact) mass is 593 g/mol. The van der Waals surface area contributed by atoms with Crippen LogP contribution in [0.15, 0.2) is 60.0 Å². The van der Waals surface area contributed by atoms with E-state index < -0.39 is 12.1 Å². The number of hydrogen-bond donors (Lipinski definition) is 3. The molecule has 43 heavy (non-hydrogen) atoms.